The van der Waals surface area contributed by atoms with Crippen LogP contribution in [-0.4, -0.2) is 35.6 Å². The van der Waals surface area contributed by atoms with Gasteiger partial charge in [0, 0.05) is 0 Å². The Balaban J connectivity index is 2.77. The number of benzene rings is 1. The third-order valence-electron chi connectivity index (χ3n) is 3.00. The van der Waals surface area contributed by atoms with E-state index in [2.05, 4.69) is 5.32 Å². The molecule has 0 saturated carbocycles. The third kappa shape index (κ3) is 5.04. The quantitative estimate of drug-likeness (QED) is 0.748. The number of esters is 1. The van der Waals surface area contributed by atoms with E-state index in [4.69, 9.17) is 16.3 Å². The fraction of sp³-hybridized carbons (Fsp3) is 0.400. The first kappa shape index (κ1) is 18.0. The average Bonchev–Trinajstić information content (AvgIpc) is 2.46. The SMILES string of the molecule is CCOC(=O)[C@H](C)C[C@@H](NC(=O)c1ccccc1Cl)C(=O)O. The van der Waals surface area contributed by atoms with Crippen LogP contribution >= 0.6 is 11.6 Å². The van der Waals surface area contributed by atoms with Gasteiger partial charge in [0.05, 0.1) is 23.1 Å². The van der Waals surface area contributed by atoms with Crippen molar-refractivity contribution in [2.45, 2.75) is 26.3 Å². The van der Waals surface area contributed by atoms with E-state index in [1.54, 1.807) is 26.0 Å². The fourth-order valence-corrected chi connectivity index (χ4v) is 2.06. The minimum absolute atomic E-state index is 0.0651. The summed E-state index contributed by atoms with van der Waals surface area (Å²) in [6, 6.07) is 5.11. The van der Waals surface area contributed by atoms with Crippen molar-refractivity contribution in [1.29, 1.82) is 0 Å². The van der Waals surface area contributed by atoms with E-state index >= 15 is 0 Å². The van der Waals surface area contributed by atoms with Gasteiger partial charge < -0.3 is 15.2 Å². The zero-order valence-corrected chi connectivity index (χ0v) is 13.1. The molecular formula is C15H18ClNO5. The van der Waals surface area contributed by atoms with Gasteiger partial charge in [-0.3, -0.25) is 9.59 Å². The van der Waals surface area contributed by atoms with Crippen LogP contribution in [0.4, 0.5) is 0 Å². The van der Waals surface area contributed by atoms with Crippen LogP contribution < -0.4 is 5.32 Å². The average molecular weight is 328 g/mol. The molecular weight excluding hydrogens is 310 g/mol. The van der Waals surface area contributed by atoms with Crippen LogP contribution in [0.3, 0.4) is 0 Å². The molecule has 22 heavy (non-hydrogen) atoms. The first-order valence-electron chi connectivity index (χ1n) is 6.81. The maximum Gasteiger partial charge on any atom is 0.326 e. The number of nitrogens with one attached hydrogen (secondary N) is 1. The largest absolute Gasteiger partial charge is 0.480 e. The molecule has 1 aromatic rings. The fourth-order valence-electron chi connectivity index (χ4n) is 1.84. The van der Waals surface area contributed by atoms with Gasteiger partial charge in [-0.2, -0.15) is 0 Å². The maximum absolute atomic E-state index is 12.1. The van der Waals surface area contributed by atoms with E-state index < -0.39 is 29.8 Å². The Morgan fingerprint density at radius 3 is 2.50 bits per heavy atom. The van der Waals surface area contributed by atoms with Gasteiger partial charge in [0.1, 0.15) is 6.04 Å². The number of carbonyl (C=O) groups excluding carboxylic acids is 2. The minimum Gasteiger partial charge on any atom is -0.480 e. The number of ether oxygens (including phenoxy) is 1. The Morgan fingerprint density at radius 1 is 1.32 bits per heavy atom. The van der Waals surface area contributed by atoms with Gasteiger partial charge >= 0.3 is 11.9 Å². The number of carboxylic acids is 1. The molecule has 2 N–H and O–H groups in total. The molecule has 1 rings (SSSR count). The second-order valence-corrected chi connectivity index (χ2v) is 5.14. The number of carboxylic acid groups (broad SMARTS) is 1. The monoisotopic (exact) mass is 327 g/mol. The molecule has 1 aromatic carbocycles. The molecule has 0 spiro atoms. The number of aliphatic carboxylic acids is 1. The van der Waals surface area contributed by atoms with Crippen molar-refractivity contribution in [3.8, 4) is 0 Å². The van der Waals surface area contributed by atoms with Gasteiger partial charge in [0.25, 0.3) is 5.91 Å². The summed E-state index contributed by atoms with van der Waals surface area (Å²) >= 11 is 5.90. The lowest BCUT2D eigenvalue weighted by atomic mass is 10.0. The summed E-state index contributed by atoms with van der Waals surface area (Å²) in [6.07, 6.45) is -0.0651. The van der Waals surface area contributed by atoms with Crippen molar-refractivity contribution in [3.05, 3.63) is 34.9 Å². The lowest BCUT2D eigenvalue weighted by molar-refractivity contribution is -0.148. The van der Waals surface area contributed by atoms with Crippen LogP contribution in [0, 0.1) is 5.92 Å². The highest BCUT2D eigenvalue weighted by Gasteiger charge is 2.27. The van der Waals surface area contributed by atoms with E-state index in [9.17, 15) is 19.5 Å². The van der Waals surface area contributed by atoms with Crippen molar-refractivity contribution in [2.75, 3.05) is 6.61 Å². The Morgan fingerprint density at radius 2 is 1.95 bits per heavy atom. The molecule has 0 aliphatic heterocycles. The molecule has 6 nitrogen and oxygen atoms in total. The summed E-state index contributed by atoms with van der Waals surface area (Å²) in [5, 5.41) is 11.8. The second kappa shape index (κ2) is 8.38. The van der Waals surface area contributed by atoms with Crippen molar-refractivity contribution in [2.24, 2.45) is 5.92 Å². The molecule has 0 fully saturated rings. The van der Waals surface area contributed by atoms with Crippen molar-refractivity contribution in [1.82, 2.24) is 5.32 Å². The summed E-state index contributed by atoms with van der Waals surface area (Å²) in [5.41, 5.74) is 0.180. The van der Waals surface area contributed by atoms with Crippen molar-refractivity contribution >= 4 is 29.4 Å². The molecule has 0 bridgehead atoms. The molecule has 0 saturated heterocycles. The zero-order valence-electron chi connectivity index (χ0n) is 12.3. The predicted molar refractivity (Wildman–Crippen MR) is 80.8 cm³/mol. The van der Waals surface area contributed by atoms with Gasteiger partial charge in [0.15, 0.2) is 0 Å². The molecule has 0 aliphatic carbocycles. The summed E-state index contributed by atoms with van der Waals surface area (Å²) in [4.78, 5) is 34.9. The summed E-state index contributed by atoms with van der Waals surface area (Å²) in [5.74, 6) is -2.97. The van der Waals surface area contributed by atoms with Gasteiger partial charge in [-0.1, -0.05) is 30.7 Å². The lowest BCUT2D eigenvalue weighted by Crippen LogP contribution is -2.42. The highest BCUT2D eigenvalue weighted by atomic mass is 35.5. The highest BCUT2D eigenvalue weighted by Crippen LogP contribution is 2.16. The maximum atomic E-state index is 12.1. The van der Waals surface area contributed by atoms with Crippen LogP contribution in [0.2, 0.25) is 5.02 Å². The molecule has 120 valence electrons. The Bertz CT molecular complexity index is 561. The molecule has 2 atom stereocenters. The van der Waals surface area contributed by atoms with Crippen LogP contribution in [0.15, 0.2) is 24.3 Å². The second-order valence-electron chi connectivity index (χ2n) is 4.73. The number of rotatable bonds is 7. The molecule has 0 radical (unpaired) electrons. The molecule has 7 heteroatoms. The summed E-state index contributed by atoms with van der Waals surface area (Å²) in [7, 11) is 0. The lowest BCUT2D eigenvalue weighted by Gasteiger charge is -2.18. The van der Waals surface area contributed by atoms with E-state index in [-0.39, 0.29) is 23.6 Å². The molecule has 0 unspecified atom stereocenters. The first-order valence-corrected chi connectivity index (χ1v) is 7.19. The van der Waals surface area contributed by atoms with Crippen molar-refractivity contribution < 1.29 is 24.2 Å². The van der Waals surface area contributed by atoms with E-state index in [0.29, 0.717) is 0 Å². The van der Waals surface area contributed by atoms with E-state index in [0.717, 1.165) is 0 Å². The van der Waals surface area contributed by atoms with Crippen LogP contribution in [0.5, 0.6) is 0 Å². The molecule has 1 amide bonds. The van der Waals surface area contributed by atoms with Gasteiger partial charge in [-0.05, 0) is 25.5 Å². The third-order valence-corrected chi connectivity index (χ3v) is 3.33. The minimum atomic E-state index is -1.23. The van der Waals surface area contributed by atoms with Crippen LogP contribution in [0.1, 0.15) is 30.6 Å². The molecule has 0 aliphatic rings. The summed E-state index contributed by atoms with van der Waals surface area (Å²) in [6.45, 7) is 3.43. The number of carbonyl (C=O) groups is 3. The summed E-state index contributed by atoms with van der Waals surface area (Å²) < 4.78 is 4.83. The first-order chi connectivity index (χ1) is 10.4. The predicted octanol–water partition coefficient (Wildman–Crippen LogP) is 2.11. The standard InChI is InChI=1S/C15H18ClNO5/c1-3-22-15(21)9(2)8-12(14(19)20)17-13(18)10-6-4-5-7-11(10)16/h4-7,9,12H,3,8H2,1-2H3,(H,17,18)(H,19,20)/t9-,12-/m1/s1. The molecule has 0 heterocycles. The molecule has 0 aromatic heterocycles. The Hall–Kier alpha value is -2.08. The van der Waals surface area contributed by atoms with Crippen LogP contribution in [0.25, 0.3) is 0 Å². The van der Waals surface area contributed by atoms with Gasteiger partial charge in [-0.25, -0.2) is 4.79 Å². The normalized spacial score (nSPS) is 13.0. The van der Waals surface area contributed by atoms with Crippen molar-refractivity contribution in [3.63, 3.8) is 0 Å². The van der Waals surface area contributed by atoms with E-state index in [1.807, 2.05) is 0 Å². The number of hydrogen-bond donors (Lipinski definition) is 2. The topological polar surface area (TPSA) is 92.7 Å². The Kier molecular flexibility index (Phi) is 6.85. The number of halogens is 1. The smallest absolute Gasteiger partial charge is 0.326 e. The van der Waals surface area contributed by atoms with E-state index in [1.165, 1.54) is 12.1 Å². The Labute approximate surface area is 133 Å². The van der Waals surface area contributed by atoms with Gasteiger partial charge in [0.2, 0.25) is 0 Å². The number of hydrogen-bond acceptors (Lipinski definition) is 4. The number of amides is 1. The highest BCUT2D eigenvalue weighted by molar-refractivity contribution is 6.33. The van der Waals surface area contributed by atoms with Crippen LogP contribution in [-0.2, 0) is 14.3 Å². The zero-order chi connectivity index (χ0) is 16.7. The van der Waals surface area contributed by atoms with Gasteiger partial charge in [-0.15, -0.1) is 0 Å².